The molecule has 0 aliphatic heterocycles. The number of rotatable bonds is 5. The predicted molar refractivity (Wildman–Crippen MR) is 107 cm³/mol. The molecule has 0 spiro atoms. The second kappa shape index (κ2) is 9.92. The maximum atomic E-state index is 13.5. The van der Waals surface area contributed by atoms with Crippen molar-refractivity contribution in [3.05, 3.63) is 75.1 Å². The van der Waals surface area contributed by atoms with Gasteiger partial charge in [0.2, 0.25) is 0 Å². The number of benzene rings is 2. The van der Waals surface area contributed by atoms with Crippen LogP contribution in [0.2, 0.25) is 0 Å². The first-order valence-corrected chi connectivity index (χ1v) is 7.43. The van der Waals surface area contributed by atoms with Crippen LogP contribution in [0.4, 0.5) is 10.1 Å². The highest BCUT2D eigenvalue weighted by molar-refractivity contribution is 14.0. The molecule has 2 aromatic carbocycles. The Morgan fingerprint density at radius 3 is 2.52 bits per heavy atom. The third-order valence-electron chi connectivity index (χ3n) is 3.55. The molecule has 2 rings (SSSR count). The van der Waals surface area contributed by atoms with E-state index in [-0.39, 0.29) is 42.0 Å². The van der Waals surface area contributed by atoms with Crippen molar-refractivity contribution < 1.29 is 9.31 Å². The third kappa shape index (κ3) is 5.96. The summed E-state index contributed by atoms with van der Waals surface area (Å²) < 4.78 is 13.5. The van der Waals surface area contributed by atoms with Crippen molar-refractivity contribution in [2.45, 2.75) is 20.0 Å². The first-order valence-electron chi connectivity index (χ1n) is 7.43. The normalized spacial score (nSPS) is 10.8. The zero-order valence-electron chi connectivity index (χ0n) is 14.0. The van der Waals surface area contributed by atoms with Crippen LogP contribution < -0.4 is 10.6 Å². The summed E-state index contributed by atoms with van der Waals surface area (Å²) in [5.74, 6) is 0.228. The minimum Gasteiger partial charge on any atom is -0.352 e. The van der Waals surface area contributed by atoms with Crippen molar-refractivity contribution in [1.29, 1.82) is 0 Å². The Balaban J connectivity index is 0.00000312. The van der Waals surface area contributed by atoms with Crippen LogP contribution >= 0.6 is 24.0 Å². The predicted octanol–water partition coefficient (Wildman–Crippen LogP) is 3.53. The van der Waals surface area contributed by atoms with Crippen LogP contribution in [0.1, 0.15) is 16.7 Å². The molecule has 0 unspecified atom stereocenters. The highest BCUT2D eigenvalue weighted by Crippen LogP contribution is 2.17. The monoisotopic (exact) mass is 458 g/mol. The number of aryl methyl sites for hydroxylation is 1. The number of halogens is 2. The second-order valence-electron chi connectivity index (χ2n) is 5.25. The summed E-state index contributed by atoms with van der Waals surface area (Å²) in [6, 6.07) is 11.5. The summed E-state index contributed by atoms with van der Waals surface area (Å²) >= 11 is 0. The average Bonchev–Trinajstić information content (AvgIpc) is 2.58. The van der Waals surface area contributed by atoms with Gasteiger partial charge in [-0.3, -0.25) is 15.1 Å². The van der Waals surface area contributed by atoms with Crippen LogP contribution in [0, 0.1) is 22.9 Å². The molecule has 0 fully saturated rings. The molecule has 0 heterocycles. The van der Waals surface area contributed by atoms with Gasteiger partial charge in [-0.05, 0) is 24.1 Å². The molecule has 0 saturated heterocycles. The maximum Gasteiger partial charge on any atom is 0.274 e. The zero-order chi connectivity index (χ0) is 17.5. The van der Waals surface area contributed by atoms with E-state index in [1.165, 1.54) is 12.1 Å². The van der Waals surface area contributed by atoms with Crippen molar-refractivity contribution in [3.63, 3.8) is 0 Å². The first kappa shape index (κ1) is 20.8. The third-order valence-corrected chi connectivity index (χ3v) is 3.55. The van der Waals surface area contributed by atoms with E-state index in [9.17, 15) is 14.5 Å². The molecule has 25 heavy (non-hydrogen) atoms. The lowest BCUT2D eigenvalue weighted by molar-refractivity contribution is -0.385. The fourth-order valence-electron chi connectivity index (χ4n) is 2.17. The number of para-hydroxylation sites is 1. The van der Waals surface area contributed by atoms with Gasteiger partial charge in [-0.2, -0.15) is 0 Å². The van der Waals surface area contributed by atoms with E-state index in [4.69, 9.17) is 0 Å². The summed E-state index contributed by atoms with van der Waals surface area (Å²) in [6.07, 6.45) is 0. The van der Waals surface area contributed by atoms with E-state index in [0.29, 0.717) is 23.6 Å². The van der Waals surface area contributed by atoms with Gasteiger partial charge < -0.3 is 10.6 Å². The smallest absolute Gasteiger partial charge is 0.274 e. The molecule has 0 aliphatic carbocycles. The Labute approximate surface area is 162 Å². The highest BCUT2D eigenvalue weighted by Gasteiger charge is 2.12. The molecule has 8 heteroatoms. The standard InChI is InChI=1S/C17H19FN4O2.HI/c1-12-7-8-13(9-15(12)18)10-20-17(19-2)21-11-14-5-3-4-6-16(14)22(23)24;/h3-9H,10-11H2,1-2H3,(H2,19,20,21);1H. The zero-order valence-corrected chi connectivity index (χ0v) is 16.3. The number of nitrogens with zero attached hydrogens (tertiary/aromatic N) is 2. The fraction of sp³-hybridized carbons (Fsp3) is 0.235. The minimum atomic E-state index is -0.414. The van der Waals surface area contributed by atoms with E-state index in [2.05, 4.69) is 15.6 Å². The van der Waals surface area contributed by atoms with Crippen molar-refractivity contribution in [2.24, 2.45) is 4.99 Å². The van der Waals surface area contributed by atoms with Gasteiger partial charge in [0.05, 0.1) is 4.92 Å². The van der Waals surface area contributed by atoms with E-state index < -0.39 is 4.92 Å². The van der Waals surface area contributed by atoms with Gasteiger partial charge in [-0.15, -0.1) is 24.0 Å². The minimum absolute atomic E-state index is 0. The molecule has 0 aromatic heterocycles. The fourth-order valence-corrected chi connectivity index (χ4v) is 2.17. The van der Waals surface area contributed by atoms with Gasteiger partial charge in [0.25, 0.3) is 5.69 Å². The van der Waals surface area contributed by atoms with Gasteiger partial charge in [0, 0.05) is 31.8 Å². The molecule has 0 atom stereocenters. The second-order valence-corrected chi connectivity index (χ2v) is 5.25. The summed E-state index contributed by atoms with van der Waals surface area (Å²) in [5.41, 5.74) is 2.00. The molecule has 0 radical (unpaired) electrons. The lowest BCUT2D eigenvalue weighted by atomic mass is 10.1. The van der Waals surface area contributed by atoms with E-state index in [0.717, 1.165) is 5.56 Å². The van der Waals surface area contributed by atoms with E-state index >= 15 is 0 Å². The first-order chi connectivity index (χ1) is 11.5. The largest absolute Gasteiger partial charge is 0.352 e. The van der Waals surface area contributed by atoms with Gasteiger partial charge in [-0.1, -0.05) is 30.3 Å². The Morgan fingerprint density at radius 2 is 1.88 bits per heavy atom. The van der Waals surface area contributed by atoms with Gasteiger partial charge in [-0.25, -0.2) is 4.39 Å². The number of nitro groups is 1. The molecule has 6 nitrogen and oxygen atoms in total. The van der Waals surface area contributed by atoms with Crippen LogP contribution in [0.25, 0.3) is 0 Å². The number of nitrogens with one attached hydrogen (secondary N) is 2. The molecule has 0 aliphatic rings. The van der Waals surface area contributed by atoms with Crippen LogP contribution in [0.5, 0.6) is 0 Å². The Kier molecular flexibility index (Phi) is 8.26. The Hall–Kier alpha value is -2.23. The number of hydrogen-bond donors (Lipinski definition) is 2. The van der Waals surface area contributed by atoms with Crippen molar-refractivity contribution in [1.82, 2.24) is 10.6 Å². The molecule has 2 N–H and O–H groups in total. The molecule has 0 amide bonds. The van der Waals surface area contributed by atoms with Crippen molar-refractivity contribution in [2.75, 3.05) is 7.05 Å². The lowest BCUT2D eigenvalue weighted by Gasteiger charge is -2.12. The highest BCUT2D eigenvalue weighted by atomic mass is 127. The Morgan fingerprint density at radius 1 is 1.20 bits per heavy atom. The summed E-state index contributed by atoms with van der Waals surface area (Å²) in [7, 11) is 1.60. The van der Waals surface area contributed by atoms with Gasteiger partial charge >= 0.3 is 0 Å². The van der Waals surface area contributed by atoms with Crippen LogP contribution in [-0.4, -0.2) is 17.9 Å². The lowest BCUT2D eigenvalue weighted by Crippen LogP contribution is -2.36. The number of aliphatic imine (C=N–C) groups is 1. The SMILES string of the molecule is CN=C(NCc1ccc(C)c(F)c1)NCc1ccccc1[N+](=O)[O-].I. The molecular formula is C17H20FIN4O2. The molecule has 2 aromatic rings. The quantitative estimate of drug-likeness (QED) is 0.236. The summed E-state index contributed by atoms with van der Waals surface area (Å²) in [5, 5.41) is 17.1. The van der Waals surface area contributed by atoms with Gasteiger partial charge in [0.1, 0.15) is 5.82 Å². The Bertz CT molecular complexity index is 768. The van der Waals surface area contributed by atoms with E-state index in [1.807, 2.05) is 6.07 Å². The number of hydrogen-bond acceptors (Lipinski definition) is 3. The average molecular weight is 458 g/mol. The summed E-state index contributed by atoms with van der Waals surface area (Å²) in [4.78, 5) is 14.7. The van der Waals surface area contributed by atoms with Crippen LogP contribution in [-0.2, 0) is 13.1 Å². The molecule has 0 bridgehead atoms. The van der Waals surface area contributed by atoms with E-state index in [1.54, 1.807) is 38.2 Å². The molecular weight excluding hydrogens is 438 g/mol. The number of guanidine groups is 1. The summed E-state index contributed by atoms with van der Waals surface area (Å²) in [6.45, 7) is 2.37. The number of nitro benzene ring substituents is 1. The van der Waals surface area contributed by atoms with Gasteiger partial charge in [0.15, 0.2) is 5.96 Å². The molecule has 134 valence electrons. The van der Waals surface area contributed by atoms with Crippen molar-refractivity contribution >= 4 is 35.6 Å². The maximum absolute atomic E-state index is 13.5. The topological polar surface area (TPSA) is 79.6 Å². The van der Waals surface area contributed by atoms with Crippen molar-refractivity contribution in [3.8, 4) is 0 Å². The van der Waals surface area contributed by atoms with Crippen LogP contribution in [0.15, 0.2) is 47.5 Å². The van der Waals surface area contributed by atoms with Crippen LogP contribution in [0.3, 0.4) is 0 Å². The molecule has 0 saturated carbocycles.